The molecule has 0 amide bonds. The summed E-state index contributed by atoms with van der Waals surface area (Å²) in [5.41, 5.74) is 5.55. The third-order valence-electron chi connectivity index (χ3n) is 3.96. The second-order valence-electron chi connectivity index (χ2n) is 6.88. The fourth-order valence-corrected chi connectivity index (χ4v) is 3.13. The van der Waals surface area contributed by atoms with E-state index < -0.39 is 5.60 Å². The van der Waals surface area contributed by atoms with Crippen molar-refractivity contribution in [2.75, 3.05) is 32.7 Å². The number of nitrogens with zero attached hydrogens (tertiary/aromatic N) is 2. The van der Waals surface area contributed by atoms with Crippen molar-refractivity contribution in [3.05, 3.63) is 23.7 Å². The van der Waals surface area contributed by atoms with Crippen molar-refractivity contribution in [3.63, 3.8) is 0 Å². The molecule has 2 rings (SSSR count). The van der Waals surface area contributed by atoms with Gasteiger partial charge in [-0.25, -0.2) is 0 Å². The molecule has 5 heteroatoms. The molecule has 1 aromatic heterocycles. The lowest BCUT2D eigenvalue weighted by atomic mass is 10.0. The first-order valence-electron chi connectivity index (χ1n) is 7.77. The Kier molecular flexibility index (Phi) is 5.09. The highest BCUT2D eigenvalue weighted by Gasteiger charge is 2.30. The van der Waals surface area contributed by atoms with E-state index in [1.165, 1.54) is 0 Å². The summed E-state index contributed by atoms with van der Waals surface area (Å²) in [5.74, 6) is 1.88. The average Bonchev–Trinajstić information content (AvgIpc) is 2.76. The van der Waals surface area contributed by atoms with Crippen LogP contribution in [0.2, 0.25) is 0 Å². The highest BCUT2D eigenvalue weighted by molar-refractivity contribution is 5.12. The van der Waals surface area contributed by atoms with Gasteiger partial charge in [-0.2, -0.15) is 0 Å². The summed E-state index contributed by atoms with van der Waals surface area (Å²) in [4.78, 5) is 4.70. The Labute approximate surface area is 127 Å². The highest BCUT2D eigenvalue weighted by Crippen LogP contribution is 2.26. The summed E-state index contributed by atoms with van der Waals surface area (Å²) in [6, 6.07) is 4.18. The van der Waals surface area contributed by atoms with Crippen LogP contribution < -0.4 is 5.73 Å². The zero-order chi connectivity index (χ0) is 15.6. The highest BCUT2D eigenvalue weighted by atomic mass is 16.3. The zero-order valence-corrected chi connectivity index (χ0v) is 13.7. The van der Waals surface area contributed by atoms with Gasteiger partial charge in [0.15, 0.2) is 0 Å². The zero-order valence-electron chi connectivity index (χ0n) is 13.7. The molecule has 0 saturated carbocycles. The molecule has 120 valence electrons. The molecule has 1 aromatic rings. The van der Waals surface area contributed by atoms with Gasteiger partial charge in [-0.3, -0.25) is 9.80 Å². The van der Waals surface area contributed by atoms with E-state index in [1.807, 2.05) is 39.8 Å². The molecule has 0 bridgehead atoms. The average molecular weight is 295 g/mol. The lowest BCUT2D eigenvalue weighted by Crippen LogP contribution is -2.53. The summed E-state index contributed by atoms with van der Waals surface area (Å²) >= 11 is 0. The standard InChI is InChI=1S/C16H29N3O2/c1-12-5-6-14(21-12)15(13(2)17)19-9-7-18(8-10-19)11-16(3,4)20/h5-6,13,15,20H,7-11,17H2,1-4H3. The summed E-state index contributed by atoms with van der Waals surface area (Å²) in [6.45, 7) is 12.2. The molecule has 2 atom stereocenters. The van der Waals surface area contributed by atoms with Crippen LogP contribution in [0.15, 0.2) is 16.5 Å². The van der Waals surface area contributed by atoms with Gasteiger partial charge in [0.2, 0.25) is 0 Å². The Morgan fingerprint density at radius 3 is 2.33 bits per heavy atom. The van der Waals surface area contributed by atoms with Gasteiger partial charge in [0.1, 0.15) is 11.5 Å². The lowest BCUT2D eigenvalue weighted by molar-refractivity contribution is 0.00663. The first kappa shape index (κ1) is 16.5. The molecule has 1 aliphatic rings. The van der Waals surface area contributed by atoms with E-state index in [0.29, 0.717) is 6.54 Å². The number of aliphatic hydroxyl groups is 1. The second-order valence-corrected chi connectivity index (χ2v) is 6.88. The maximum Gasteiger partial charge on any atom is 0.122 e. The minimum atomic E-state index is -0.638. The Hall–Kier alpha value is -0.880. The molecule has 0 aliphatic carbocycles. The second kappa shape index (κ2) is 6.48. The quantitative estimate of drug-likeness (QED) is 0.859. The smallest absolute Gasteiger partial charge is 0.122 e. The minimum absolute atomic E-state index is 0.0244. The molecule has 21 heavy (non-hydrogen) atoms. The Bertz CT molecular complexity index is 443. The van der Waals surface area contributed by atoms with Crippen molar-refractivity contribution >= 4 is 0 Å². The van der Waals surface area contributed by atoms with Crippen molar-refractivity contribution in [1.29, 1.82) is 0 Å². The molecular weight excluding hydrogens is 266 g/mol. The Morgan fingerprint density at radius 2 is 1.90 bits per heavy atom. The molecule has 1 saturated heterocycles. The normalized spacial score (nSPS) is 21.4. The van der Waals surface area contributed by atoms with Crippen LogP contribution in [0.4, 0.5) is 0 Å². The Balaban J connectivity index is 1.98. The van der Waals surface area contributed by atoms with Gasteiger partial charge >= 0.3 is 0 Å². The van der Waals surface area contributed by atoms with Crippen LogP contribution in [-0.4, -0.2) is 59.3 Å². The molecule has 2 unspecified atom stereocenters. The van der Waals surface area contributed by atoms with Crippen molar-refractivity contribution in [2.45, 2.75) is 45.4 Å². The number of nitrogens with two attached hydrogens (primary N) is 1. The van der Waals surface area contributed by atoms with Crippen LogP contribution in [0.3, 0.4) is 0 Å². The van der Waals surface area contributed by atoms with E-state index in [-0.39, 0.29) is 12.1 Å². The molecular formula is C16H29N3O2. The van der Waals surface area contributed by atoms with E-state index in [1.54, 1.807) is 0 Å². The largest absolute Gasteiger partial charge is 0.465 e. The van der Waals surface area contributed by atoms with Gasteiger partial charge in [-0.1, -0.05) is 0 Å². The molecule has 1 aliphatic heterocycles. The maximum absolute atomic E-state index is 9.92. The SMILES string of the molecule is Cc1ccc(C(C(C)N)N2CCN(CC(C)(C)O)CC2)o1. The molecule has 0 radical (unpaired) electrons. The summed E-state index contributed by atoms with van der Waals surface area (Å²) in [7, 11) is 0. The number of hydrogen-bond acceptors (Lipinski definition) is 5. The van der Waals surface area contributed by atoms with E-state index in [0.717, 1.165) is 37.7 Å². The maximum atomic E-state index is 9.92. The topological polar surface area (TPSA) is 65.9 Å². The third-order valence-corrected chi connectivity index (χ3v) is 3.96. The minimum Gasteiger partial charge on any atom is -0.465 e. The number of aryl methyl sites for hydroxylation is 1. The van der Waals surface area contributed by atoms with E-state index in [2.05, 4.69) is 9.80 Å². The lowest BCUT2D eigenvalue weighted by Gasteiger charge is -2.41. The van der Waals surface area contributed by atoms with E-state index in [4.69, 9.17) is 10.2 Å². The fourth-order valence-electron chi connectivity index (χ4n) is 3.13. The van der Waals surface area contributed by atoms with Crippen LogP contribution in [-0.2, 0) is 0 Å². The van der Waals surface area contributed by atoms with Crippen LogP contribution in [0.1, 0.15) is 38.3 Å². The van der Waals surface area contributed by atoms with E-state index in [9.17, 15) is 5.11 Å². The number of rotatable bonds is 5. The number of β-amino-alcohol motifs (C(OH)–C–C–N with tert-alkyl or cyclic N) is 1. The fraction of sp³-hybridized carbons (Fsp3) is 0.750. The molecule has 3 N–H and O–H groups in total. The summed E-state index contributed by atoms with van der Waals surface area (Å²) < 4.78 is 5.79. The van der Waals surface area contributed by atoms with Crippen molar-refractivity contribution < 1.29 is 9.52 Å². The van der Waals surface area contributed by atoms with Crippen LogP contribution in [0, 0.1) is 6.92 Å². The Morgan fingerprint density at radius 1 is 1.29 bits per heavy atom. The van der Waals surface area contributed by atoms with Gasteiger partial charge < -0.3 is 15.3 Å². The van der Waals surface area contributed by atoms with Crippen molar-refractivity contribution in [2.24, 2.45) is 5.73 Å². The van der Waals surface area contributed by atoms with Gasteiger partial charge in [-0.15, -0.1) is 0 Å². The molecule has 0 aromatic carbocycles. The number of piperazine rings is 1. The van der Waals surface area contributed by atoms with Crippen LogP contribution in [0.25, 0.3) is 0 Å². The molecule has 5 nitrogen and oxygen atoms in total. The number of furan rings is 1. The van der Waals surface area contributed by atoms with Crippen molar-refractivity contribution in [1.82, 2.24) is 9.80 Å². The first-order valence-corrected chi connectivity index (χ1v) is 7.77. The van der Waals surface area contributed by atoms with Gasteiger partial charge in [-0.05, 0) is 39.8 Å². The molecule has 2 heterocycles. The third kappa shape index (κ3) is 4.54. The molecule has 0 spiro atoms. The summed E-state index contributed by atoms with van der Waals surface area (Å²) in [5, 5.41) is 9.92. The molecule has 1 fully saturated rings. The number of hydrogen-bond donors (Lipinski definition) is 2. The first-order chi connectivity index (χ1) is 9.76. The van der Waals surface area contributed by atoms with Crippen molar-refractivity contribution in [3.8, 4) is 0 Å². The van der Waals surface area contributed by atoms with Crippen LogP contribution in [0.5, 0.6) is 0 Å². The predicted molar refractivity (Wildman–Crippen MR) is 84.1 cm³/mol. The van der Waals surface area contributed by atoms with Gasteiger partial charge in [0.05, 0.1) is 11.6 Å². The monoisotopic (exact) mass is 295 g/mol. The van der Waals surface area contributed by atoms with E-state index >= 15 is 0 Å². The van der Waals surface area contributed by atoms with Gasteiger partial charge in [0, 0.05) is 38.8 Å². The summed E-state index contributed by atoms with van der Waals surface area (Å²) in [6.07, 6.45) is 0. The predicted octanol–water partition coefficient (Wildman–Crippen LogP) is 1.36. The van der Waals surface area contributed by atoms with Gasteiger partial charge in [0.25, 0.3) is 0 Å². The van der Waals surface area contributed by atoms with Crippen LogP contribution >= 0.6 is 0 Å².